The summed E-state index contributed by atoms with van der Waals surface area (Å²) < 4.78 is 2.29. The van der Waals surface area contributed by atoms with Gasteiger partial charge in [0.1, 0.15) is 0 Å². The molecular weight excluding hydrogens is 380 g/mol. The van der Waals surface area contributed by atoms with Gasteiger partial charge in [-0.05, 0) is 44.9 Å². The number of para-hydroxylation sites is 1. The van der Waals surface area contributed by atoms with E-state index in [1.165, 1.54) is 19.3 Å². The predicted molar refractivity (Wildman–Crippen MR) is 117 cm³/mol. The Morgan fingerprint density at radius 3 is 2.43 bits per heavy atom. The zero-order valence-corrected chi connectivity index (χ0v) is 17.7. The molecule has 1 heterocycles. The van der Waals surface area contributed by atoms with Crippen molar-refractivity contribution in [3.05, 3.63) is 52.8 Å². The van der Waals surface area contributed by atoms with Crippen molar-refractivity contribution < 1.29 is 14.4 Å². The number of nitrogens with zero attached hydrogens (tertiary/aromatic N) is 1. The van der Waals surface area contributed by atoms with Crippen LogP contribution < -0.4 is 16.4 Å². The number of benzene rings is 1. The van der Waals surface area contributed by atoms with Crippen LogP contribution in [-0.2, 0) is 4.79 Å². The number of carbonyl (C=O) groups excluding carboxylic acids is 3. The van der Waals surface area contributed by atoms with E-state index in [0.717, 1.165) is 24.2 Å². The highest BCUT2D eigenvalue weighted by Crippen LogP contribution is 2.32. The van der Waals surface area contributed by atoms with Crippen molar-refractivity contribution in [3.8, 4) is 0 Å². The molecule has 0 atom stereocenters. The van der Waals surface area contributed by atoms with Gasteiger partial charge in [0.25, 0.3) is 11.8 Å². The van der Waals surface area contributed by atoms with Crippen molar-refractivity contribution in [1.82, 2.24) is 9.88 Å². The van der Waals surface area contributed by atoms with Crippen LogP contribution in [0.1, 0.15) is 76.7 Å². The first-order valence-corrected chi connectivity index (χ1v) is 10.5. The Kier molecular flexibility index (Phi) is 6.92. The maximum absolute atomic E-state index is 13.0. The number of carbonyl (C=O) groups is 3. The van der Waals surface area contributed by atoms with Gasteiger partial charge in [-0.25, -0.2) is 0 Å². The standard InChI is InChI=1S/C23H30N4O3/c1-15-14-19(16(2)27(15)17-8-4-3-5-9-17)23(30)26-20-11-7-6-10-18(20)22(29)25-13-12-21(24)28/h6-7,10-11,14,17H,3-5,8-9,12-13H2,1-2H3,(H2,24,28)(H,25,29)(H,26,30). The minimum absolute atomic E-state index is 0.0629. The molecule has 1 aromatic carbocycles. The molecule has 3 rings (SSSR count). The second-order valence-electron chi connectivity index (χ2n) is 7.92. The molecule has 7 nitrogen and oxygen atoms in total. The van der Waals surface area contributed by atoms with Crippen molar-refractivity contribution in [3.63, 3.8) is 0 Å². The van der Waals surface area contributed by atoms with Gasteiger partial charge in [-0.2, -0.15) is 0 Å². The fourth-order valence-electron chi connectivity index (χ4n) is 4.28. The third kappa shape index (κ3) is 4.90. The molecule has 0 radical (unpaired) electrons. The Labute approximate surface area is 177 Å². The summed E-state index contributed by atoms with van der Waals surface area (Å²) in [5, 5.41) is 5.54. The summed E-state index contributed by atoms with van der Waals surface area (Å²) in [5.41, 5.74) is 8.56. The number of hydrogen-bond donors (Lipinski definition) is 3. The molecule has 0 unspecified atom stereocenters. The van der Waals surface area contributed by atoms with Gasteiger partial charge in [0, 0.05) is 30.4 Å². The molecule has 0 spiro atoms. The van der Waals surface area contributed by atoms with Gasteiger partial charge in [-0.1, -0.05) is 31.4 Å². The van der Waals surface area contributed by atoms with Crippen LogP contribution in [0.5, 0.6) is 0 Å². The number of aromatic nitrogens is 1. The van der Waals surface area contributed by atoms with Crippen LogP contribution in [0.3, 0.4) is 0 Å². The first-order valence-electron chi connectivity index (χ1n) is 10.5. The summed E-state index contributed by atoms with van der Waals surface area (Å²) in [5.74, 6) is -1.08. The molecule has 4 N–H and O–H groups in total. The molecule has 7 heteroatoms. The van der Waals surface area contributed by atoms with Crippen LogP contribution in [0.25, 0.3) is 0 Å². The summed E-state index contributed by atoms with van der Waals surface area (Å²) in [6.07, 6.45) is 6.08. The number of nitrogens with one attached hydrogen (secondary N) is 2. The zero-order chi connectivity index (χ0) is 21.7. The number of amides is 3. The predicted octanol–water partition coefficient (Wildman–Crippen LogP) is 3.47. The Morgan fingerprint density at radius 2 is 1.73 bits per heavy atom. The average Bonchev–Trinajstić information content (AvgIpc) is 3.02. The fourth-order valence-corrected chi connectivity index (χ4v) is 4.28. The van der Waals surface area contributed by atoms with Crippen LogP contribution in [0, 0.1) is 13.8 Å². The molecule has 1 saturated carbocycles. The van der Waals surface area contributed by atoms with Gasteiger partial charge < -0.3 is 20.9 Å². The SMILES string of the molecule is Cc1cc(C(=O)Nc2ccccc2C(=O)NCCC(N)=O)c(C)n1C1CCCCC1. The number of primary amides is 1. The summed E-state index contributed by atoms with van der Waals surface area (Å²) in [6, 6.07) is 9.20. The van der Waals surface area contributed by atoms with E-state index in [9.17, 15) is 14.4 Å². The van der Waals surface area contributed by atoms with Gasteiger partial charge >= 0.3 is 0 Å². The zero-order valence-electron chi connectivity index (χ0n) is 17.7. The first kappa shape index (κ1) is 21.6. The van der Waals surface area contributed by atoms with Gasteiger partial charge in [0.2, 0.25) is 5.91 Å². The second-order valence-corrected chi connectivity index (χ2v) is 7.92. The smallest absolute Gasteiger partial charge is 0.257 e. The third-order valence-corrected chi connectivity index (χ3v) is 5.75. The van der Waals surface area contributed by atoms with Crippen LogP contribution in [0.2, 0.25) is 0 Å². The number of nitrogens with two attached hydrogens (primary N) is 1. The molecule has 0 saturated heterocycles. The Bertz CT molecular complexity index is 942. The van der Waals surface area contributed by atoms with Gasteiger partial charge in [0.05, 0.1) is 16.8 Å². The highest BCUT2D eigenvalue weighted by atomic mass is 16.2. The van der Waals surface area contributed by atoms with Gasteiger partial charge in [-0.15, -0.1) is 0 Å². The summed E-state index contributed by atoms with van der Waals surface area (Å²) in [7, 11) is 0. The molecule has 1 fully saturated rings. The van der Waals surface area contributed by atoms with Gasteiger partial charge in [0.15, 0.2) is 0 Å². The molecule has 0 aliphatic heterocycles. The lowest BCUT2D eigenvalue weighted by atomic mass is 9.95. The van der Waals surface area contributed by atoms with Crippen LogP contribution in [0.15, 0.2) is 30.3 Å². The van der Waals surface area contributed by atoms with E-state index in [4.69, 9.17) is 5.73 Å². The Morgan fingerprint density at radius 1 is 1.03 bits per heavy atom. The van der Waals surface area contributed by atoms with Crippen molar-refractivity contribution in [2.24, 2.45) is 5.73 Å². The first-order chi connectivity index (χ1) is 14.4. The quantitative estimate of drug-likeness (QED) is 0.651. The summed E-state index contributed by atoms with van der Waals surface area (Å²) in [6.45, 7) is 4.18. The number of hydrogen-bond acceptors (Lipinski definition) is 3. The van der Waals surface area contributed by atoms with E-state index in [1.54, 1.807) is 24.3 Å². The highest BCUT2D eigenvalue weighted by Gasteiger charge is 2.23. The summed E-state index contributed by atoms with van der Waals surface area (Å²) >= 11 is 0. The van der Waals surface area contributed by atoms with Gasteiger partial charge in [-0.3, -0.25) is 14.4 Å². The summed E-state index contributed by atoms with van der Waals surface area (Å²) in [4.78, 5) is 36.4. The number of anilines is 1. The van der Waals surface area contributed by atoms with E-state index >= 15 is 0 Å². The van der Waals surface area contributed by atoms with E-state index in [0.29, 0.717) is 22.9 Å². The minimum Gasteiger partial charge on any atom is -0.370 e. The lowest BCUT2D eigenvalue weighted by Crippen LogP contribution is -2.29. The third-order valence-electron chi connectivity index (χ3n) is 5.75. The number of rotatable bonds is 7. The maximum Gasteiger partial charge on any atom is 0.257 e. The molecule has 3 amide bonds. The molecule has 1 aliphatic rings. The van der Waals surface area contributed by atoms with E-state index in [-0.39, 0.29) is 24.8 Å². The topological polar surface area (TPSA) is 106 Å². The van der Waals surface area contributed by atoms with Crippen molar-refractivity contribution in [2.45, 2.75) is 58.4 Å². The Hall–Kier alpha value is -3.09. The normalized spacial score (nSPS) is 14.3. The fraction of sp³-hybridized carbons (Fsp3) is 0.435. The molecule has 1 aromatic heterocycles. The van der Waals surface area contributed by atoms with E-state index < -0.39 is 5.91 Å². The lowest BCUT2D eigenvalue weighted by Gasteiger charge is -2.26. The van der Waals surface area contributed by atoms with Crippen LogP contribution in [0.4, 0.5) is 5.69 Å². The molecule has 30 heavy (non-hydrogen) atoms. The second kappa shape index (κ2) is 9.61. The largest absolute Gasteiger partial charge is 0.370 e. The van der Waals surface area contributed by atoms with Crippen molar-refractivity contribution >= 4 is 23.4 Å². The van der Waals surface area contributed by atoms with E-state index in [1.807, 2.05) is 19.9 Å². The average molecular weight is 411 g/mol. The van der Waals surface area contributed by atoms with Crippen molar-refractivity contribution in [2.75, 3.05) is 11.9 Å². The minimum atomic E-state index is -0.481. The molecular formula is C23H30N4O3. The van der Waals surface area contributed by atoms with Crippen LogP contribution >= 0.6 is 0 Å². The molecule has 0 bridgehead atoms. The lowest BCUT2D eigenvalue weighted by molar-refractivity contribution is -0.117. The van der Waals surface area contributed by atoms with Crippen LogP contribution in [-0.4, -0.2) is 28.8 Å². The number of aryl methyl sites for hydroxylation is 1. The molecule has 1 aliphatic carbocycles. The Balaban J connectivity index is 1.77. The van der Waals surface area contributed by atoms with Crippen molar-refractivity contribution in [1.29, 1.82) is 0 Å². The highest BCUT2D eigenvalue weighted by molar-refractivity contribution is 6.09. The van der Waals surface area contributed by atoms with E-state index in [2.05, 4.69) is 15.2 Å². The molecule has 160 valence electrons. The molecule has 2 aromatic rings. The monoisotopic (exact) mass is 410 g/mol. The maximum atomic E-state index is 13.0.